The zero-order valence-corrected chi connectivity index (χ0v) is 19.4. The Labute approximate surface area is 195 Å². The van der Waals surface area contributed by atoms with Crippen LogP contribution in [0.25, 0.3) is 0 Å². The Morgan fingerprint density at radius 1 is 0.812 bits per heavy atom. The summed E-state index contributed by atoms with van der Waals surface area (Å²) in [5.41, 5.74) is 2.24. The second kappa shape index (κ2) is 10.6. The van der Waals surface area contributed by atoms with Gasteiger partial charge in [0.2, 0.25) is 10.0 Å². The first kappa shape index (κ1) is 23.0. The molecule has 7 heteroatoms. The maximum absolute atomic E-state index is 12.9. The van der Waals surface area contributed by atoms with Crippen LogP contribution in [-0.4, -0.2) is 57.0 Å². The quantitative estimate of drug-likeness (QED) is 0.488. The molecule has 0 bridgehead atoms. The molecule has 0 aromatic heterocycles. The average molecular weight is 471 g/mol. The van der Waals surface area contributed by atoms with Gasteiger partial charge in [-0.15, -0.1) is 0 Å². The SMILES string of the molecule is O=S(=O)(c1cccc(Cl)c1)N1CCN(CCOC(c2ccccc2)c2ccccc2)CC1. The largest absolute Gasteiger partial charge is 0.367 e. The standard InChI is InChI=1S/C25H27ClN2O3S/c26-23-12-7-13-24(20-23)32(29,30)28-16-14-27(15-17-28)18-19-31-25(21-8-3-1-4-9-21)22-10-5-2-6-11-22/h1-13,20,25H,14-19H2. The van der Waals surface area contributed by atoms with E-state index in [0.29, 0.717) is 37.8 Å². The molecule has 0 unspecified atom stereocenters. The lowest BCUT2D eigenvalue weighted by Crippen LogP contribution is -2.49. The highest BCUT2D eigenvalue weighted by Crippen LogP contribution is 2.26. The topological polar surface area (TPSA) is 49.9 Å². The number of hydrogen-bond acceptors (Lipinski definition) is 4. The summed E-state index contributed by atoms with van der Waals surface area (Å²) in [6.07, 6.45) is -0.123. The third-order valence-electron chi connectivity index (χ3n) is 5.66. The van der Waals surface area contributed by atoms with Crippen LogP contribution >= 0.6 is 11.6 Å². The van der Waals surface area contributed by atoms with E-state index in [4.69, 9.17) is 16.3 Å². The summed E-state index contributed by atoms with van der Waals surface area (Å²) in [5.74, 6) is 0. The van der Waals surface area contributed by atoms with Gasteiger partial charge in [0.1, 0.15) is 6.10 Å². The van der Waals surface area contributed by atoms with Gasteiger partial charge in [-0.2, -0.15) is 4.31 Å². The van der Waals surface area contributed by atoms with E-state index in [2.05, 4.69) is 29.2 Å². The summed E-state index contributed by atoms with van der Waals surface area (Å²) in [6, 6.07) is 26.9. The Kier molecular flexibility index (Phi) is 7.60. The third-order valence-corrected chi connectivity index (χ3v) is 7.79. The van der Waals surface area contributed by atoms with E-state index in [9.17, 15) is 8.42 Å². The number of sulfonamides is 1. The molecule has 5 nitrogen and oxygen atoms in total. The van der Waals surface area contributed by atoms with Crippen molar-refractivity contribution < 1.29 is 13.2 Å². The fraction of sp³-hybridized carbons (Fsp3) is 0.280. The number of benzene rings is 3. The molecule has 0 aliphatic carbocycles. The summed E-state index contributed by atoms with van der Waals surface area (Å²) in [4.78, 5) is 2.49. The van der Waals surface area contributed by atoms with Crippen molar-refractivity contribution in [2.75, 3.05) is 39.3 Å². The van der Waals surface area contributed by atoms with Gasteiger partial charge >= 0.3 is 0 Å². The number of rotatable bonds is 8. The van der Waals surface area contributed by atoms with Crippen molar-refractivity contribution in [3.8, 4) is 0 Å². The minimum Gasteiger partial charge on any atom is -0.367 e. The Balaban J connectivity index is 1.32. The van der Waals surface area contributed by atoms with E-state index >= 15 is 0 Å². The van der Waals surface area contributed by atoms with Crippen LogP contribution in [0.5, 0.6) is 0 Å². The Bertz CT molecular complexity index is 1060. The van der Waals surface area contributed by atoms with Crippen molar-refractivity contribution in [2.45, 2.75) is 11.0 Å². The lowest BCUT2D eigenvalue weighted by molar-refractivity contribution is 0.0527. The zero-order valence-electron chi connectivity index (χ0n) is 17.8. The van der Waals surface area contributed by atoms with Crippen molar-refractivity contribution in [2.24, 2.45) is 0 Å². The molecule has 1 saturated heterocycles. The van der Waals surface area contributed by atoms with Gasteiger partial charge in [0, 0.05) is 37.7 Å². The fourth-order valence-corrected chi connectivity index (χ4v) is 5.63. The van der Waals surface area contributed by atoms with Crippen LogP contribution in [-0.2, 0) is 14.8 Å². The van der Waals surface area contributed by atoms with E-state index < -0.39 is 10.0 Å². The highest BCUT2D eigenvalue weighted by Gasteiger charge is 2.28. The molecule has 0 N–H and O–H groups in total. The number of hydrogen-bond donors (Lipinski definition) is 0. The molecule has 0 amide bonds. The van der Waals surface area contributed by atoms with Crippen LogP contribution in [0, 0.1) is 0 Å². The first-order valence-corrected chi connectivity index (χ1v) is 12.6. The van der Waals surface area contributed by atoms with Crippen LogP contribution in [0.15, 0.2) is 89.8 Å². The summed E-state index contributed by atoms with van der Waals surface area (Å²) < 4.78 is 33.6. The first-order valence-electron chi connectivity index (χ1n) is 10.7. The third kappa shape index (κ3) is 5.57. The van der Waals surface area contributed by atoms with E-state index in [0.717, 1.165) is 17.7 Å². The molecule has 0 saturated carbocycles. The molecule has 1 fully saturated rings. The van der Waals surface area contributed by atoms with E-state index in [1.807, 2.05) is 36.4 Å². The molecule has 3 aromatic carbocycles. The summed E-state index contributed by atoms with van der Waals surface area (Å²) in [6.45, 7) is 3.57. The van der Waals surface area contributed by atoms with Gasteiger partial charge in [-0.1, -0.05) is 78.3 Å². The molecule has 0 atom stereocenters. The number of nitrogens with zero attached hydrogens (tertiary/aromatic N) is 2. The van der Waals surface area contributed by atoms with Gasteiger partial charge in [-0.3, -0.25) is 4.90 Å². The van der Waals surface area contributed by atoms with E-state index in [1.165, 1.54) is 10.4 Å². The predicted molar refractivity (Wildman–Crippen MR) is 127 cm³/mol. The van der Waals surface area contributed by atoms with Crippen molar-refractivity contribution in [3.05, 3.63) is 101 Å². The summed E-state index contributed by atoms with van der Waals surface area (Å²) in [5, 5.41) is 0.424. The smallest absolute Gasteiger partial charge is 0.243 e. The number of ether oxygens (including phenoxy) is 1. The zero-order chi connectivity index (χ0) is 22.4. The molecule has 32 heavy (non-hydrogen) atoms. The maximum atomic E-state index is 12.9. The summed E-state index contributed by atoms with van der Waals surface area (Å²) >= 11 is 5.98. The molecule has 1 aliphatic heterocycles. The van der Waals surface area contributed by atoms with Gasteiger partial charge < -0.3 is 4.74 Å². The lowest BCUT2D eigenvalue weighted by Gasteiger charge is -2.34. The number of halogens is 1. The molecule has 0 spiro atoms. The fourth-order valence-electron chi connectivity index (χ4n) is 3.91. The molecular formula is C25H27ClN2O3S. The van der Waals surface area contributed by atoms with Crippen LogP contribution in [0.2, 0.25) is 5.02 Å². The second-order valence-electron chi connectivity index (χ2n) is 7.78. The van der Waals surface area contributed by atoms with Gasteiger partial charge in [0.25, 0.3) is 0 Å². The van der Waals surface area contributed by atoms with Crippen LogP contribution < -0.4 is 0 Å². The maximum Gasteiger partial charge on any atom is 0.243 e. The van der Waals surface area contributed by atoms with Crippen molar-refractivity contribution in [3.63, 3.8) is 0 Å². The normalized spacial score (nSPS) is 15.8. The minimum absolute atomic E-state index is 0.123. The van der Waals surface area contributed by atoms with Crippen LogP contribution in [0.3, 0.4) is 0 Å². The van der Waals surface area contributed by atoms with E-state index in [-0.39, 0.29) is 11.0 Å². The molecule has 4 rings (SSSR count). The predicted octanol–water partition coefficient (Wildman–Crippen LogP) is 4.45. The lowest BCUT2D eigenvalue weighted by atomic mass is 10.0. The monoisotopic (exact) mass is 470 g/mol. The molecule has 3 aromatic rings. The van der Waals surface area contributed by atoms with Crippen molar-refractivity contribution in [1.29, 1.82) is 0 Å². The first-order chi connectivity index (χ1) is 15.5. The van der Waals surface area contributed by atoms with Crippen molar-refractivity contribution in [1.82, 2.24) is 9.21 Å². The van der Waals surface area contributed by atoms with Crippen molar-refractivity contribution >= 4 is 21.6 Å². The molecule has 168 valence electrons. The average Bonchev–Trinajstić information content (AvgIpc) is 2.83. The Morgan fingerprint density at radius 2 is 1.41 bits per heavy atom. The van der Waals surface area contributed by atoms with Crippen LogP contribution in [0.1, 0.15) is 17.2 Å². The summed E-state index contributed by atoms with van der Waals surface area (Å²) in [7, 11) is -3.52. The highest BCUT2D eigenvalue weighted by atomic mass is 35.5. The molecule has 0 radical (unpaired) electrons. The van der Waals surface area contributed by atoms with E-state index in [1.54, 1.807) is 18.2 Å². The minimum atomic E-state index is -3.52. The Hall–Kier alpha value is -2.22. The second-order valence-corrected chi connectivity index (χ2v) is 10.1. The van der Waals surface area contributed by atoms with Gasteiger partial charge in [0.15, 0.2) is 0 Å². The van der Waals surface area contributed by atoms with Gasteiger partial charge in [0.05, 0.1) is 11.5 Å². The molecule has 1 aliphatic rings. The van der Waals surface area contributed by atoms with Gasteiger partial charge in [-0.25, -0.2) is 8.42 Å². The number of piperazine rings is 1. The highest BCUT2D eigenvalue weighted by molar-refractivity contribution is 7.89. The molecular weight excluding hydrogens is 444 g/mol. The molecule has 1 heterocycles. The van der Waals surface area contributed by atoms with Gasteiger partial charge in [-0.05, 0) is 29.3 Å². The Morgan fingerprint density at radius 3 is 1.97 bits per heavy atom. The van der Waals surface area contributed by atoms with Crippen LogP contribution in [0.4, 0.5) is 0 Å².